The molecule has 0 saturated carbocycles. The van der Waals surface area contributed by atoms with Gasteiger partial charge in [0.1, 0.15) is 0 Å². The van der Waals surface area contributed by atoms with Crippen molar-refractivity contribution in [3.63, 3.8) is 0 Å². The molecule has 0 aliphatic carbocycles. The van der Waals surface area contributed by atoms with Crippen LogP contribution >= 0.6 is 0 Å². The summed E-state index contributed by atoms with van der Waals surface area (Å²) in [5.74, 6) is -0.571. The summed E-state index contributed by atoms with van der Waals surface area (Å²) in [6, 6.07) is 0. The fourth-order valence-electron chi connectivity index (χ4n) is 1.31. The van der Waals surface area contributed by atoms with E-state index in [-0.39, 0.29) is 26.1 Å². The second kappa shape index (κ2) is 13.8. The zero-order chi connectivity index (χ0) is 16.7. The highest BCUT2D eigenvalue weighted by Gasteiger charge is 2.43. The molecule has 0 rings (SSSR count). The normalized spacial score (nSPS) is 11.4. The lowest BCUT2D eigenvalue weighted by Crippen LogP contribution is -2.52. The van der Waals surface area contributed by atoms with Crippen LogP contribution in [0, 0.1) is 0 Å². The van der Waals surface area contributed by atoms with Crippen molar-refractivity contribution in [3.8, 4) is 0 Å². The van der Waals surface area contributed by atoms with E-state index in [1.54, 1.807) is 21.3 Å². The van der Waals surface area contributed by atoms with Crippen molar-refractivity contribution in [1.82, 2.24) is 0 Å². The predicted molar refractivity (Wildman–Crippen MR) is 80.4 cm³/mol. The Labute approximate surface area is 132 Å². The number of rotatable bonds is 15. The molecule has 0 N–H and O–H groups in total. The molecular weight excluding hydrogens is 312 g/mol. The Kier molecular flexibility index (Phi) is 13.3. The maximum absolute atomic E-state index is 11.3. The van der Waals surface area contributed by atoms with Crippen molar-refractivity contribution in [3.05, 3.63) is 12.7 Å². The Hall–Kier alpha value is -0.813. The van der Waals surface area contributed by atoms with Crippen molar-refractivity contribution in [2.75, 3.05) is 67.2 Å². The van der Waals surface area contributed by atoms with Gasteiger partial charge in [0, 0.05) is 27.4 Å². The summed E-state index contributed by atoms with van der Waals surface area (Å²) in [7, 11) is 1.46. The fourth-order valence-corrected chi connectivity index (χ4v) is 3.31. The Morgan fingerprint density at radius 2 is 1.27 bits per heavy atom. The van der Waals surface area contributed by atoms with Gasteiger partial charge in [-0.3, -0.25) is 0 Å². The molecule has 0 heterocycles. The quantitative estimate of drug-likeness (QED) is 0.181. The van der Waals surface area contributed by atoms with Crippen LogP contribution in [0.1, 0.15) is 0 Å². The first-order chi connectivity index (χ1) is 10.6. The van der Waals surface area contributed by atoms with E-state index in [1.807, 2.05) is 0 Å². The van der Waals surface area contributed by atoms with Gasteiger partial charge >= 0.3 is 14.8 Å². The highest BCUT2D eigenvalue weighted by molar-refractivity contribution is 6.60. The van der Waals surface area contributed by atoms with Crippen LogP contribution in [-0.4, -0.2) is 82.0 Å². The van der Waals surface area contributed by atoms with Crippen LogP contribution in [0.5, 0.6) is 0 Å². The van der Waals surface area contributed by atoms with Crippen molar-refractivity contribution in [2.45, 2.75) is 0 Å². The summed E-state index contributed by atoms with van der Waals surface area (Å²) < 4.78 is 37.0. The number of carbonyl (C=O) groups is 1. The number of hydrogen-bond acceptors (Lipinski definition) is 8. The molecule has 0 atom stereocenters. The Morgan fingerprint density at radius 3 is 1.59 bits per heavy atom. The highest BCUT2D eigenvalue weighted by atomic mass is 28.4. The molecule has 0 aliphatic heterocycles. The van der Waals surface area contributed by atoms with Gasteiger partial charge in [0.05, 0.1) is 39.6 Å². The zero-order valence-corrected chi connectivity index (χ0v) is 14.5. The topological polar surface area (TPSA) is 81.7 Å². The largest absolute Gasteiger partial charge is 0.541 e. The molecule has 8 nitrogen and oxygen atoms in total. The Morgan fingerprint density at radius 1 is 0.864 bits per heavy atom. The van der Waals surface area contributed by atoms with Gasteiger partial charge in [-0.1, -0.05) is 6.58 Å². The van der Waals surface area contributed by atoms with Crippen LogP contribution in [0.2, 0.25) is 0 Å². The molecule has 0 aromatic rings. The Balaban J connectivity index is 4.74. The molecule has 0 amide bonds. The van der Waals surface area contributed by atoms with Crippen molar-refractivity contribution < 1.29 is 37.0 Å². The lowest BCUT2D eigenvalue weighted by molar-refractivity contribution is -0.138. The lowest BCUT2D eigenvalue weighted by Gasteiger charge is -2.28. The van der Waals surface area contributed by atoms with Gasteiger partial charge in [-0.2, -0.15) is 0 Å². The molecule has 0 saturated heterocycles. The van der Waals surface area contributed by atoms with Crippen molar-refractivity contribution >= 4 is 14.8 Å². The number of carbonyl (C=O) groups excluding carboxylic acids is 1. The molecule has 0 bridgehead atoms. The zero-order valence-electron chi connectivity index (χ0n) is 13.5. The molecule has 0 aromatic heterocycles. The number of methoxy groups -OCH3 is 3. The second-order valence-electron chi connectivity index (χ2n) is 4.02. The van der Waals surface area contributed by atoms with Crippen LogP contribution < -0.4 is 0 Å². The molecule has 0 radical (unpaired) electrons. The van der Waals surface area contributed by atoms with Gasteiger partial charge < -0.3 is 32.2 Å². The molecule has 130 valence electrons. The molecule has 0 fully saturated rings. The van der Waals surface area contributed by atoms with Crippen LogP contribution in [-0.2, 0) is 37.0 Å². The van der Waals surface area contributed by atoms with Gasteiger partial charge in [0.25, 0.3) is 0 Å². The minimum Gasteiger partial charge on any atom is -0.458 e. The van der Waals surface area contributed by atoms with E-state index in [0.29, 0.717) is 19.8 Å². The monoisotopic (exact) mass is 338 g/mol. The average molecular weight is 338 g/mol. The Bertz CT molecular complexity index is 273. The van der Waals surface area contributed by atoms with E-state index in [2.05, 4.69) is 6.58 Å². The van der Waals surface area contributed by atoms with E-state index in [0.717, 1.165) is 6.08 Å². The maximum atomic E-state index is 11.3. The highest BCUT2D eigenvalue weighted by Crippen LogP contribution is 2.11. The number of esters is 1. The van der Waals surface area contributed by atoms with E-state index in [1.165, 1.54) is 0 Å². The van der Waals surface area contributed by atoms with Crippen LogP contribution in [0.4, 0.5) is 0 Å². The van der Waals surface area contributed by atoms with Gasteiger partial charge in [0.15, 0.2) is 6.23 Å². The summed E-state index contributed by atoms with van der Waals surface area (Å²) in [6.45, 7) is 5.22. The van der Waals surface area contributed by atoms with E-state index in [4.69, 9.17) is 32.2 Å². The van der Waals surface area contributed by atoms with Crippen LogP contribution in [0.3, 0.4) is 0 Å². The average Bonchev–Trinajstić information content (AvgIpc) is 2.53. The second-order valence-corrected chi connectivity index (χ2v) is 6.54. The molecule has 0 aromatic carbocycles. The SMILES string of the molecule is C=CC(=O)OC[Si](OCCOC)(OCCOC)OCCOC. The molecule has 0 spiro atoms. The van der Waals surface area contributed by atoms with Gasteiger partial charge in [-0.05, 0) is 0 Å². The van der Waals surface area contributed by atoms with Crippen LogP contribution in [0.25, 0.3) is 0 Å². The molecule has 0 unspecified atom stereocenters. The molecule has 0 aliphatic rings. The molecular formula is C13H26O8Si. The molecule has 9 heteroatoms. The van der Waals surface area contributed by atoms with Gasteiger partial charge in [0.2, 0.25) is 0 Å². The standard InChI is InChI=1S/C13H26O8Si/c1-5-13(14)18-12-22(19-9-6-15-2,20-10-7-16-3)21-11-8-17-4/h5H,1,6-12H2,2-4H3. The first kappa shape index (κ1) is 21.2. The summed E-state index contributed by atoms with van der Waals surface area (Å²) in [4.78, 5) is 11.3. The summed E-state index contributed by atoms with van der Waals surface area (Å²) in [5.41, 5.74) is 0. The van der Waals surface area contributed by atoms with Gasteiger partial charge in [-0.15, -0.1) is 0 Å². The van der Waals surface area contributed by atoms with E-state index < -0.39 is 14.8 Å². The summed E-state index contributed by atoms with van der Waals surface area (Å²) >= 11 is 0. The number of hydrogen-bond donors (Lipinski definition) is 0. The number of ether oxygens (including phenoxy) is 4. The van der Waals surface area contributed by atoms with E-state index >= 15 is 0 Å². The van der Waals surface area contributed by atoms with Gasteiger partial charge in [-0.25, -0.2) is 4.79 Å². The van der Waals surface area contributed by atoms with Crippen molar-refractivity contribution in [2.24, 2.45) is 0 Å². The summed E-state index contributed by atoms with van der Waals surface area (Å²) in [5, 5.41) is 0. The van der Waals surface area contributed by atoms with Crippen molar-refractivity contribution in [1.29, 1.82) is 0 Å². The summed E-state index contributed by atoms with van der Waals surface area (Å²) in [6.07, 6.45) is 0.952. The minimum atomic E-state index is -3.22. The third kappa shape index (κ3) is 10.0. The minimum absolute atomic E-state index is 0.116. The first-order valence-electron chi connectivity index (χ1n) is 6.82. The third-order valence-electron chi connectivity index (χ3n) is 2.39. The van der Waals surface area contributed by atoms with Crippen LogP contribution in [0.15, 0.2) is 12.7 Å². The van der Waals surface area contributed by atoms with E-state index in [9.17, 15) is 4.79 Å². The lowest BCUT2D eigenvalue weighted by atomic mass is 10.7. The predicted octanol–water partition coefficient (Wildman–Crippen LogP) is 0.183. The first-order valence-corrected chi connectivity index (χ1v) is 8.75. The third-order valence-corrected chi connectivity index (χ3v) is 4.82. The maximum Gasteiger partial charge on any atom is 0.541 e. The molecule has 22 heavy (non-hydrogen) atoms. The smallest absolute Gasteiger partial charge is 0.458 e. The fraction of sp³-hybridized carbons (Fsp3) is 0.769.